The molecule has 0 aliphatic heterocycles. The Morgan fingerprint density at radius 2 is 2.38 bits per heavy atom. The van der Waals surface area contributed by atoms with Gasteiger partial charge in [0.05, 0.1) is 5.69 Å². The molecule has 3 nitrogen and oxygen atoms in total. The standard InChI is InChI=1S/C10H10N2O/c1-2-9-10(13-7-12-9)8-4-3-5-11-6-8/h3-7H,2H2,1H3. The van der Waals surface area contributed by atoms with Gasteiger partial charge in [-0.15, -0.1) is 0 Å². The normalized spacial score (nSPS) is 10.2. The highest BCUT2D eigenvalue weighted by atomic mass is 16.3. The Hall–Kier alpha value is -1.64. The minimum Gasteiger partial charge on any atom is -0.443 e. The highest BCUT2D eigenvalue weighted by Crippen LogP contribution is 2.21. The van der Waals surface area contributed by atoms with Crippen LogP contribution in [0.3, 0.4) is 0 Å². The van der Waals surface area contributed by atoms with Crippen LogP contribution in [0.25, 0.3) is 11.3 Å². The van der Waals surface area contributed by atoms with E-state index in [2.05, 4.69) is 16.9 Å². The van der Waals surface area contributed by atoms with Gasteiger partial charge in [-0.05, 0) is 18.6 Å². The van der Waals surface area contributed by atoms with Gasteiger partial charge in [-0.1, -0.05) is 6.92 Å². The van der Waals surface area contributed by atoms with Crippen molar-refractivity contribution < 1.29 is 4.42 Å². The van der Waals surface area contributed by atoms with E-state index in [0.717, 1.165) is 23.4 Å². The molecule has 2 aromatic rings. The number of hydrogen-bond donors (Lipinski definition) is 0. The smallest absolute Gasteiger partial charge is 0.181 e. The van der Waals surface area contributed by atoms with Crippen molar-refractivity contribution in [3.63, 3.8) is 0 Å². The summed E-state index contributed by atoms with van der Waals surface area (Å²) in [6, 6.07) is 3.85. The summed E-state index contributed by atoms with van der Waals surface area (Å²) >= 11 is 0. The number of rotatable bonds is 2. The SMILES string of the molecule is CCc1ncoc1-c1cccnc1. The molecule has 13 heavy (non-hydrogen) atoms. The van der Waals surface area contributed by atoms with Gasteiger partial charge >= 0.3 is 0 Å². The summed E-state index contributed by atoms with van der Waals surface area (Å²) in [4.78, 5) is 8.14. The van der Waals surface area contributed by atoms with Crippen LogP contribution in [0.4, 0.5) is 0 Å². The number of oxazole rings is 1. The van der Waals surface area contributed by atoms with Gasteiger partial charge in [-0.3, -0.25) is 4.98 Å². The topological polar surface area (TPSA) is 38.9 Å². The maximum absolute atomic E-state index is 5.29. The van der Waals surface area contributed by atoms with Crippen molar-refractivity contribution >= 4 is 0 Å². The fourth-order valence-corrected chi connectivity index (χ4v) is 1.25. The van der Waals surface area contributed by atoms with Crippen LogP contribution in [-0.4, -0.2) is 9.97 Å². The quantitative estimate of drug-likeness (QED) is 0.701. The summed E-state index contributed by atoms with van der Waals surface area (Å²) < 4.78 is 5.29. The van der Waals surface area contributed by atoms with E-state index in [1.807, 2.05) is 12.1 Å². The monoisotopic (exact) mass is 174 g/mol. The number of pyridine rings is 1. The van der Waals surface area contributed by atoms with Crippen molar-refractivity contribution in [1.29, 1.82) is 0 Å². The van der Waals surface area contributed by atoms with E-state index in [9.17, 15) is 0 Å². The maximum Gasteiger partial charge on any atom is 0.181 e. The summed E-state index contributed by atoms with van der Waals surface area (Å²) in [5.41, 5.74) is 1.96. The van der Waals surface area contributed by atoms with Gasteiger partial charge in [0.2, 0.25) is 0 Å². The molecule has 0 aliphatic carbocycles. The molecule has 0 radical (unpaired) electrons. The zero-order chi connectivity index (χ0) is 9.10. The van der Waals surface area contributed by atoms with E-state index in [0.29, 0.717) is 0 Å². The molecule has 0 unspecified atom stereocenters. The van der Waals surface area contributed by atoms with Crippen LogP contribution in [0.2, 0.25) is 0 Å². The van der Waals surface area contributed by atoms with Crippen molar-refractivity contribution in [2.75, 3.05) is 0 Å². The molecule has 2 rings (SSSR count). The third kappa shape index (κ3) is 1.45. The predicted octanol–water partition coefficient (Wildman–Crippen LogP) is 2.30. The van der Waals surface area contributed by atoms with E-state index in [1.165, 1.54) is 6.39 Å². The van der Waals surface area contributed by atoms with Crippen molar-refractivity contribution in [1.82, 2.24) is 9.97 Å². The fourth-order valence-electron chi connectivity index (χ4n) is 1.25. The number of hydrogen-bond acceptors (Lipinski definition) is 3. The van der Waals surface area contributed by atoms with E-state index in [4.69, 9.17) is 4.42 Å². The summed E-state index contributed by atoms with van der Waals surface area (Å²) in [6.07, 6.45) is 5.87. The summed E-state index contributed by atoms with van der Waals surface area (Å²) in [5.74, 6) is 0.829. The Morgan fingerprint density at radius 3 is 3.08 bits per heavy atom. The zero-order valence-electron chi connectivity index (χ0n) is 7.40. The van der Waals surface area contributed by atoms with Crippen molar-refractivity contribution in [3.05, 3.63) is 36.6 Å². The summed E-state index contributed by atoms with van der Waals surface area (Å²) in [7, 11) is 0. The van der Waals surface area contributed by atoms with Gasteiger partial charge in [0.1, 0.15) is 0 Å². The van der Waals surface area contributed by atoms with Crippen LogP contribution in [0.5, 0.6) is 0 Å². The van der Waals surface area contributed by atoms with Crippen molar-refractivity contribution in [2.45, 2.75) is 13.3 Å². The van der Waals surface area contributed by atoms with Gasteiger partial charge in [-0.2, -0.15) is 0 Å². The van der Waals surface area contributed by atoms with Crippen LogP contribution in [0, 0.1) is 0 Å². The van der Waals surface area contributed by atoms with Crippen LogP contribution < -0.4 is 0 Å². The molecule has 0 N–H and O–H groups in total. The molecule has 0 spiro atoms. The van der Waals surface area contributed by atoms with Crippen LogP contribution in [-0.2, 0) is 6.42 Å². The lowest BCUT2D eigenvalue weighted by atomic mass is 10.1. The van der Waals surface area contributed by atoms with Gasteiger partial charge < -0.3 is 4.42 Å². The molecule has 2 aromatic heterocycles. The fraction of sp³-hybridized carbons (Fsp3) is 0.200. The zero-order valence-corrected chi connectivity index (χ0v) is 7.40. The molecule has 0 aliphatic rings. The Labute approximate surface area is 76.5 Å². The molecule has 0 saturated carbocycles. The molecule has 0 aromatic carbocycles. The second kappa shape index (κ2) is 3.39. The summed E-state index contributed by atoms with van der Waals surface area (Å²) in [6.45, 7) is 2.05. The molecule has 0 fully saturated rings. The molecule has 66 valence electrons. The third-order valence-electron chi connectivity index (χ3n) is 1.90. The van der Waals surface area contributed by atoms with Crippen molar-refractivity contribution in [3.8, 4) is 11.3 Å². The molecule has 0 amide bonds. The van der Waals surface area contributed by atoms with Crippen LogP contribution in [0.15, 0.2) is 35.3 Å². The highest BCUT2D eigenvalue weighted by Gasteiger charge is 2.07. The lowest BCUT2D eigenvalue weighted by Crippen LogP contribution is -1.84. The molecule has 0 saturated heterocycles. The third-order valence-corrected chi connectivity index (χ3v) is 1.90. The second-order valence-corrected chi connectivity index (χ2v) is 2.72. The first kappa shape index (κ1) is 7.98. The maximum atomic E-state index is 5.29. The number of nitrogens with zero attached hydrogens (tertiary/aromatic N) is 2. The van der Waals surface area contributed by atoms with E-state index >= 15 is 0 Å². The molecule has 3 heteroatoms. The molecule has 0 bridgehead atoms. The largest absolute Gasteiger partial charge is 0.443 e. The first-order valence-electron chi connectivity index (χ1n) is 4.24. The van der Waals surface area contributed by atoms with E-state index < -0.39 is 0 Å². The highest BCUT2D eigenvalue weighted by molar-refractivity contribution is 5.57. The Balaban J connectivity index is 2.47. The Morgan fingerprint density at radius 1 is 1.46 bits per heavy atom. The average Bonchev–Trinajstić information content (AvgIpc) is 2.67. The lowest BCUT2D eigenvalue weighted by Gasteiger charge is -1.96. The van der Waals surface area contributed by atoms with E-state index in [-0.39, 0.29) is 0 Å². The minimum atomic E-state index is 0.829. The molecule has 2 heterocycles. The number of aromatic nitrogens is 2. The van der Waals surface area contributed by atoms with Crippen LogP contribution >= 0.6 is 0 Å². The first-order valence-corrected chi connectivity index (χ1v) is 4.24. The van der Waals surface area contributed by atoms with E-state index in [1.54, 1.807) is 12.4 Å². The first-order chi connectivity index (χ1) is 6.42. The van der Waals surface area contributed by atoms with Gasteiger partial charge in [0.25, 0.3) is 0 Å². The molecular formula is C10H10N2O. The molecular weight excluding hydrogens is 164 g/mol. The van der Waals surface area contributed by atoms with Gasteiger partial charge in [-0.25, -0.2) is 4.98 Å². The minimum absolute atomic E-state index is 0.829. The Bertz CT molecular complexity index is 381. The van der Waals surface area contributed by atoms with Crippen molar-refractivity contribution in [2.24, 2.45) is 0 Å². The van der Waals surface area contributed by atoms with Gasteiger partial charge in [0, 0.05) is 18.0 Å². The summed E-state index contributed by atoms with van der Waals surface area (Å²) in [5, 5.41) is 0. The molecule has 0 atom stereocenters. The predicted molar refractivity (Wildman–Crippen MR) is 49.1 cm³/mol. The number of aryl methyl sites for hydroxylation is 1. The van der Waals surface area contributed by atoms with Crippen LogP contribution in [0.1, 0.15) is 12.6 Å². The second-order valence-electron chi connectivity index (χ2n) is 2.72. The average molecular weight is 174 g/mol. The van der Waals surface area contributed by atoms with Gasteiger partial charge in [0.15, 0.2) is 12.2 Å². The Kier molecular flexibility index (Phi) is 2.08. The lowest BCUT2D eigenvalue weighted by molar-refractivity contribution is 0.570.